The molecule has 0 aliphatic rings. The molecule has 0 aliphatic carbocycles. The van der Waals surface area contributed by atoms with Crippen LogP contribution in [-0.2, 0) is 6.54 Å². The molecule has 0 saturated heterocycles. The summed E-state index contributed by atoms with van der Waals surface area (Å²) in [4.78, 5) is 11.7. The highest BCUT2D eigenvalue weighted by atomic mass is 16.2. The Bertz CT molecular complexity index is 599. The number of nitrogens with one attached hydrogen (secondary N) is 2. The average molecular weight is 268 g/mol. The van der Waals surface area contributed by atoms with Crippen LogP contribution >= 0.6 is 0 Å². The van der Waals surface area contributed by atoms with Crippen LogP contribution < -0.4 is 10.6 Å². The predicted molar refractivity (Wildman–Crippen MR) is 78.2 cm³/mol. The zero-order valence-corrected chi connectivity index (χ0v) is 11.0. The van der Waals surface area contributed by atoms with Gasteiger partial charge in [0.1, 0.15) is 0 Å². The van der Waals surface area contributed by atoms with E-state index in [2.05, 4.69) is 21.7 Å². The van der Waals surface area contributed by atoms with Gasteiger partial charge in [0.05, 0.1) is 0 Å². The fourth-order valence-electron chi connectivity index (χ4n) is 1.74. The van der Waals surface area contributed by atoms with E-state index in [-0.39, 0.29) is 6.03 Å². The van der Waals surface area contributed by atoms with Gasteiger partial charge in [0.25, 0.3) is 0 Å². The summed E-state index contributed by atoms with van der Waals surface area (Å²) in [6.07, 6.45) is 9.76. The van der Waals surface area contributed by atoms with E-state index in [1.54, 1.807) is 18.3 Å². The standard InChI is InChI=1S/C15H16N4O/c1-2-13-6-3-7-14(12-13)18-15(20)16-8-4-10-19-11-5-9-17-19/h1,3,5-7,9,11-12H,4,8,10H2,(H2,16,18,20). The van der Waals surface area contributed by atoms with E-state index >= 15 is 0 Å². The van der Waals surface area contributed by atoms with Gasteiger partial charge in [-0.25, -0.2) is 4.79 Å². The third kappa shape index (κ3) is 4.18. The smallest absolute Gasteiger partial charge is 0.319 e. The lowest BCUT2D eigenvalue weighted by atomic mass is 10.2. The first-order chi connectivity index (χ1) is 9.78. The Labute approximate surface area is 118 Å². The van der Waals surface area contributed by atoms with Gasteiger partial charge in [-0.3, -0.25) is 4.68 Å². The summed E-state index contributed by atoms with van der Waals surface area (Å²) in [6, 6.07) is 8.81. The molecule has 0 saturated carbocycles. The third-order valence-electron chi connectivity index (χ3n) is 2.70. The highest BCUT2D eigenvalue weighted by Gasteiger charge is 2.01. The molecule has 0 radical (unpaired) electrons. The van der Waals surface area contributed by atoms with Gasteiger partial charge in [-0.15, -0.1) is 6.42 Å². The van der Waals surface area contributed by atoms with Crippen molar-refractivity contribution in [3.05, 3.63) is 48.3 Å². The number of benzene rings is 1. The van der Waals surface area contributed by atoms with E-state index in [1.165, 1.54) is 0 Å². The van der Waals surface area contributed by atoms with Gasteiger partial charge in [-0.1, -0.05) is 12.0 Å². The highest BCUT2D eigenvalue weighted by Crippen LogP contribution is 2.09. The summed E-state index contributed by atoms with van der Waals surface area (Å²) in [5, 5.41) is 9.62. The average Bonchev–Trinajstić information content (AvgIpc) is 2.97. The molecule has 2 amide bonds. The summed E-state index contributed by atoms with van der Waals surface area (Å²) in [5.41, 5.74) is 1.42. The summed E-state index contributed by atoms with van der Waals surface area (Å²) in [7, 11) is 0. The van der Waals surface area contributed by atoms with Gasteiger partial charge in [-0.05, 0) is 30.7 Å². The van der Waals surface area contributed by atoms with E-state index < -0.39 is 0 Å². The molecule has 1 heterocycles. The fraction of sp³-hybridized carbons (Fsp3) is 0.200. The van der Waals surface area contributed by atoms with Crippen molar-refractivity contribution in [3.63, 3.8) is 0 Å². The van der Waals surface area contributed by atoms with Crippen molar-refractivity contribution >= 4 is 11.7 Å². The Morgan fingerprint density at radius 3 is 3.05 bits per heavy atom. The molecule has 5 nitrogen and oxygen atoms in total. The number of rotatable bonds is 5. The van der Waals surface area contributed by atoms with Crippen molar-refractivity contribution in [2.24, 2.45) is 0 Å². The van der Waals surface area contributed by atoms with Crippen LogP contribution in [0.2, 0.25) is 0 Å². The second-order valence-corrected chi connectivity index (χ2v) is 4.23. The molecule has 0 unspecified atom stereocenters. The minimum Gasteiger partial charge on any atom is -0.338 e. The summed E-state index contributed by atoms with van der Waals surface area (Å²) >= 11 is 0. The molecule has 0 aliphatic heterocycles. The monoisotopic (exact) mass is 268 g/mol. The van der Waals surface area contributed by atoms with Crippen LogP contribution in [0, 0.1) is 12.3 Å². The van der Waals surface area contributed by atoms with E-state index in [4.69, 9.17) is 6.42 Å². The Morgan fingerprint density at radius 1 is 1.40 bits per heavy atom. The van der Waals surface area contributed by atoms with E-state index in [1.807, 2.05) is 29.1 Å². The third-order valence-corrected chi connectivity index (χ3v) is 2.70. The van der Waals surface area contributed by atoms with Crippen molar-refractivity contribution in [2.45, 2.75) is 13.0 Å². The number of anilines is 1. The summed E-state index contributed by atoms with van der Waals surface area (Å²) < 4.78 is 1.83. The number of terminal acetylenes is 1. The van der Waals surface area contributed by atoms with Crippen molar-refractivity contribution in [1.29, 1.82) is 0 Å². The zero-order valence-electron chi connectivity index (χ0n) is 11.0. The minimum absolute atomic E-state index is 0.236. The molecule has 0 atom stereocenters. The molecule has 1 aromatic carbocycles. The maximum absolute atomic E-state index is 11.7. The lowest BCUT2D eigenvalue weighted by Crippen LogP contribution is -2.30. The second-order valence-electron chi connectivity index (χ2n) is 4.23. The molecular formula is C15H16N4O. The van der Waals surface area contributed by atoms with Crippen LogP contribution in [0.25, 0.3) is 0 Å². The van der Waals surface area contributed by atoms with Crippen LogP contribution in [0.3, 0.4) is 0 Å². The molecule has 0 fully saturated rings. The molecule has 1 aromatic heterocycles. The number of hydrogen-bond donors (Lipinski definition) is 2. The Hall–Kier alpha value is -2.74. The van der Waals surface area contributed by atoms with Gasteiger partial charge in [-0.2, -0.15) is 5.10 Å². The first-order valence-corrected chi connectivity index (χ1v) is 6.37. The van der Waals surface area contributed by atoms with Gasteiger partial charge in [0.2, 0.25) is 0 Å². The number of aryl methyl sites for hydroxylation is 1. The minimum atomic E-state index is -0.236. The molecule has 0 spiro atoms. The Balaban J connectivity index is 1.71. The SMILES string of the molecule is C#Cc1cccc(NC(=O)NCCCn2cccn2)c1. The van der Waals surface area contributed by atoms with Gasteiger partial charge in [0, 0.05) is 36.7 Å². The number of carbonyl (C=O) groups is 1. The van der Waals surface area contributed by atoms with Crippen molar-refractivity contribution in [2.75, 3.05) is 11.9 Å². The lowest BCUT2D eigenvalue weighted by Gasteiger charge is -2.08. The number of nitrogens with zero attached hydrogens (tertiary/aromatic N) is 2. The first-order valence-electron chi connectivity index (χ1n) is 6.37. The first kappa shape index (κ1) is 13.7. The Kier molecular flexibility index (Phi) is 4.79. The number of hydrogen-bond acceptors (Lipinski definition) is 2. The number of urea groups is 1. The summed E-state index contributed by atoms with van der Waals surface area (Å²) in [5.74, 6) is 2.53. The topological polar surface area (TPSA) is 59.0 Å². The van der Waals surface area contributed by atoms with Crippen molar-refractivity contribution < 1.29 is 4.79 Å². The number of carbonyl (C=O) groups excluding carboxylic acids is 1. The van der Waals surface area contributed by atoms with E-state index in [0.717, 1.165) is 18.5 Å². The van der Waals surface area contributed by atoms with Gasteiger partial charge >= 0.3 is 6.03 Å². The van der Waals surface area contributed by atoms with Gasteiger partial charge in [0.15, 0.2) is 0 Å². The van der Waals surface area contributed by atoms with E-state index in [9.17, 15) is 4.79 Å². The molecule has 102 valence electrons. The van der Waals surface area contributed by atoms with E-state index in [0.29, 0.717) is 12.2 Å². The summed E-state index contributed by atoms with van der Waals surface area (Å²) in [6.45, 7) is 1.36. The van der Waals surface area contributed by atoms with Crippen LogP contribution in [0.5, 0.6) is 0 Å². The zero-order chi connectivity index (χ0) is 14.2. The molecule has 20 heavy (non-hydrogen) atoms. The van der Waals surface area contributed by atoms with Crippen molar-refractivity contribution in [1.82, 2.24) is 15.1 Å². The van der Waals surface area contributed by atoms with Crippen LogP contribution in [0.1, 0.15) is 12.0 Å². The lowest BCUT2D eigenvalue weighted by molar-refractivity contribution is 0.251. The number of aromatic nitrogens is 2. The molecule has 5 heteroatoms. The quantitative estimate of drug-likeness (QED) is 0.644. The van der Waals surface area contributed by atoms with Crippen LogP contribution in [0.15, 0.2) is 42.7 Å². The van der Waals surface area contributed by atoms with Gasteiger partial charge < -0.3 is 10.6 Å². The molecule has 0 bridgehead atoms. The molecule has 2 rings (SSSR count). The highest BCUT2D eigenvalue weighted by molar-refractivity contribution is 5.89. The normalized spacial score (nSPS) is 9.75. The van der Waals surface area contributed by atoms with Crippen LogP contribution in [0.4, 0.5) is 10.5 Å². The number of amides is 2. The fourth-order valence-corrected chi connectivity index (χ4v) is 1.74. The van der Waals surface area contributed by atoms with Crippen LogP contribution in [-0.4, -0.2) is 22.4 Å². The maximum Gasteiger partial charge on any atom is 0.319 e. The Morgan fingerprint density at radius 2 is 2.30 bits per heavy atom. The molecule has 2 aromatic rings. The molecule has 2 N–H and O–H groups in total. The predicted octanol–water partition coefficient (Wildman–Crippen LogP) is 2.08. The molecular weight excluding hydrogens is 252 g/mol. The second kappa shape index (κ2) is 7.00. The maximum atomic E-state index is 11.7. The van der Waals surface area contributed by atoms with Crippen molar-refractivity contribution in [3.8, 4) is 12.3 Å². The largest absolute Gasteiger partial charge is 0.338 e.